The van der Waals surface area contributed by atoms with Crippen LogP contribution in [0, 0.1) is 5.82 Å². The molecule has 1 N–H and O–H groups in total. The van der Waals surface area contributed by atoms with Crippen molar-refractivity contribution < 1.29 is 9.50 Å². The monoisotopic (exact) mass is 268 g/mol. The molecule has 1 fully saturated rings. The van der Waals surface area contributed by atoms with Gasteiger partial charge < -0.3 is 9.67 Å². The number of imidazole rings is 1. The predicted octanol–water partition coefficient (Wildman–Crippen LogP) is 3.88. The highest BCUT2D eigenvalue weighted by Crippen LogP contribution is 2.41. The number of para-hydroxylation sites is 1. The van der Waals surface area contributed by atoms with Crippen LogP contribution in [-0.4, -0.2) is 14.7 Å². The summed E-state index contributed by atoms with van der Waals surface area (Å²) in [4.78, 5) is 4.46. The van der Waals surface area contributed by atoms with E-state index in [1.165, 1.54) is 6.07 Å². The van der Waals surface area contributed by atoms with Gasteiger partial charge in [-0.25, -0.2) is 9.37 Å². The van der Waals surface area contributed by atoms with Gasteiger partial charge in [0.25, 0.3) is 0 Å². The van der Waals surface area contributed by atoms with Crippen LogP contribution in [0.15, 0.2) is 42.5 Å². The van der Waals surface area contributed by atoms with Gasteiger partial charge in [0.2, 0.25) is 0 Å². The molecule has 1 saturated carbocycles. The Morgan fingerprint density at radius 1 is 1.15 bits per heavy atom. The predicted molar refractivity (Wildman–Crippen MR) is 75.1 cm³/mol. The molecule has 0 unspecified atom stereocenters. The van der Waals surface area contributed by atoms with E-state index in [1.54, 1.807) is 24.3 Å². The lowest BCUT2D eigenvalue weighted by molar-refractivity contribution is 0.475. The first-order valence-electron chi connectivity index (χ1n) is 6.70. The van der Waals surface area contributed by atoms with E-state index in [9.17, 15) is 9.50 Å². The Morgan fingerprint density at radius 3 is 2.70 bits per heavy atom. The normalized spacial score (nSPS) is 14.8. The number of aromatic hydroxyl groups is 1. The number of nitrogens with zero attached hydrogens (tertiary/aromatic N) is 2. The zero-order valence-corrected chi connectivity index (χ0v) is 10.8. The van der Waals surface area contributed by atoms with Crippen LogP contribution in [0.3, 0.4) is 0 Å². The van der Waals surface area contributed by atoms with E-state index < -0.39 is 0 Å². The summed E-state index contributed by atoms with van der Waals surface area (Å²) in [6.07, 6.45) is 2.18. The summed E-state index contributed by atoms with van der Waals surface area (Å²) < 4.78 is 16.0. The number of phenolic OH excluding ortho intramolecular Hbond substituents is 1. The summed E-state index contributed by atoms with van der Waals surface area (Å²) in [5.74, 6) is 0.615. The molecule has 1 aromatic heterocycles. The van der Waals surface area contributed by atoms with Crippen LogP contribution < -0.4 is 0 Å². The fourth-order valence-corrected chi connectivity index (χ4v) is 2.63. The van der Waals surface area contributed by atoms with Crippen LogP contribution in [0.25, 0.3) is 22.4 Å². The minimum atomic E-state index is -0.302. The molecule has 0 spiro atoms. The van der Waals surface area contributed by atoms with Crippen LogP contribution in [0.2, 0.25) is 0 Å². The van der Waals surface area contributed by atoms with Crippen LogP contribution in [0.5, 0.6) is 5.75 Å². The maximum atomic E-state index is 13.9. The zero-order valence-electron chi connectivity index (χ0n) is 10.8. The largest absolute Gasteiger partial charge is 0.508 e. The van der Waals surface area contributed by atoms with Gasteiger partial charge in [0, 0.05) is 11.6 Å². The Kier molecular flexibility index (Phi) is 2.33. The maximum Gasteiger partial charge on any atom is 0.151 e. The second-order valence-electron chi connectivity index (χ2n) is 5.19. The lowest BCUT2D eigenvalue weighted by atomic mass is 10.2. The molecular formula is C16H13FN2O. The van der Waals surface area contributed by atoms with Crippen molar-refractivity contribution in [3.63, 3.8) is 0 Å². The molecule has 4 rings (SSSR count). The van der Waals surface area contributed by atoms with E-state index in [1.807, 2.05) is 12.1 Å². The Morgan fingerprint density at radius 2 is 1.95 bits per heavy atom. The van der Waals surface area contributed by atoms with Crippen LogP contribution in [0.4, 0.5) is 4.39 Å². The summed E-state index contributed by atoms with van der Waals surface area (Å²) >= 11 is 0. The van der Waals surface area contributed by atoms with E-state index >= 15 is 0 Å². The van der Waals surface area contributed by atoms with Crippen LogP contribution in [-0.2, 0) is 0 Å². The lowest BCUT2D eigenvalue weighted by Gasteiger charge is -2.07. The van der Waals surface area contributed by atoms with E-state index in [-0.39, 0.29) is 11.6 Å². The average Bonchev–Trinajstić information content (AvgIpc) is 3.19. The van der Waals surface area contributed by atoms with Gasteiger partial charge >= 0.3 is 0 Å². The summed E-state index contributed by atoms with van der Waals surface area (Å²) in [7, 11) is 0. The van der Waals surface area contributed by atoms with Gasteiger partial charge in [-0.15, -0.1) is 0 Å². The van der Waals surface area contributed by atoms with Crippen molar-refractivity contribution in [1.82, 2.24) is 9.55 Å². The molecule has 1 heterocycles. The van der Waals surface area contributed by atoms with Gasteiger partial charge in [0.05, 0.1) is 5.52 Å². The highest BCUT2D eigenvalue weighted by atomic mass is 19.1. The van der Waals surface area contributed by atoms with Gasteiger partial charge in [-0.2, -0.15) is 0 Å². The Labute approximate surface area is 115 Å². The fraction of sp³-hybridized carbons (Fsp3) is 0.188. The van der Waals surface area contributed by atoms with Gasteiger partial charge in [0.1, 0.15) is 17.1 Å². The second kappa shape index (κ2) is 4.07. The minimum Gasteiger partial charge on any atom is -0.508 e. The number of fused-ring (bicyclic) bond motifs is 1. The standard InChI is InChI=1S/C16H13FN2O/c17-13-5-2-6-14-15(13)18-16(19(14)11-7-8-11)10-3-1-4-12(20)9-10/h1-6,9,11,20H,7-8H2. The number of benzene rings is 2. The molecule has 20 heavy (non-hydrogen) atoms. The Balaban J connectivity index is 2.03. The van der Waals surface area contributed by atoms with Crippen molar-refractivity contribution in [1.29, 1.82) is 0 Å². The van der Waals surface area contributed by atoms with Crippen molar-refractivity contribution in [3.05, 3.63) is 48.3 Å². The van der Waals surface area contributed by atoms with E-state index in [4.69, 9.17) is 0 Å². The molecule has 0 amide bonds. The number of rotatable bonds is 2. The molecular weight excluding hydrogens is 255 g/mol. The summed E-state index contributed by atoms with van der Waals surface area (Å²) in [5.41, 5.74) is 2.04. The fourth-order valence-electron chi connectivity index (χ4n) is 2.63. The number of phenols is 1. The third-order valence-corrected chi connectivity index (χ3v) is 3.69. The Bertz CT molecular complexity index is 805. The zero-order chi connectivity index (χ0) is 13.7. The van der Waals surface area contributed by atoms with Crippen molar-refractivity contribution in [2.45, 2.75) is 18.9 Å². The molecule has 1 aliphatic rings. The highest BCUT2D eigenvalue weighted by molar-refractivity contribution is 5.81. The van der Waals surface area contributed by atoms with Crippen molar-refractivity contribution in [2.24, 2.45) is 0 Å². The first-order chi connectivity index (χ1) is 9.74. The maximum absolute atomic E-state index is 13.9. The van der Waals surface area contributed by atoms with Crippen LogP contribution >= 0.6 is 0 Å². The minimum absolute atomic E-state index is 0.192. The smallest absolute Gasteiger partial charge is 0.151 e. The quantitative estimate of drug-likeness (QED) is 0.765. The molecule has 1 aliphatic carbocycles. The highest BCUT2D eigenvalue weighted by Gasteiger charge is 2.29. The van der Waals surface area contributed by atoms with Crippen molar-refractivity contribution >= 4 is 11.0 Å². The molecule has 4 heteroatoms. The number of halogens is 1. The average molecular weight is 268 g/mol. The molecule has 3 nitrogen and oxygen atoms in total. The molecule has 0 radical (unpaired) electrons. The number of aromatic nitrogens is 2. The Hall–Kier alpha value is -2.36. The SMILES string of the molecule is Oc1cccc(-c2nc3c(F)cccc3n2C2CC2)c1. The second-order valence-corrected chi connectivity index (χ2v) is 5.19. The van der Waals surface area contributed by atoms with E-state index in [2.05, 4.69) is 9.55 Å². The topological polar surface area (TPSA) is 38.1 Å². The van der Waals surface area contributed by atoms with Gasteiger partial charge in [-0.05, 0) is 37.1 Å². The summed E-state index contributed by atoms with van der Waals surface area (Å²) in [5, 5.41) is 9.64. The van der Waals surface area contributed by atoms with E-state index in [0.29, 0.717) is 11.6 Å². The summed E-state index contributed by atoms with van der Waals surface area (Å²) in [6.45, 7) is 0. The first kappa shape index (κ1) is 11.5. The van der Waals surface area contributed by atoms with Crippen molar-refractivity contribution in [2.75, 3.05) is 0 Å². The first-order valence-corrected chi connectivity index (χ1v) is 6.70. The molecule has 0 atom stereocenters. The number of hydrogen-bond donors (Lipinski definition) is 1. The van der Waals surface area contributed by atoms with Gasteiger partial charge in [-0.1, -0.05) is 18.2 Å². The van der Waals surface area contributed by atoms with Crippen molar-refractivity contribution in [3.8, 4) is 17.1 Å². The molecule has 2 aromatic carbocycles. The van der Waals surface area contributed by atoms with E-state index in [0.717, 1.165) is 29.7 Å². The third-order valence-electron chi connectivity index (χ3n) is 3.69. The molecule has 0 aliphatic heterocycles. The molecule has 0 saturated heterocycles. The summed E-state index contributed by atoms with van der Waals surface area (Å²) in [6, 6.07) is 12.4. The molecule has 100 valence electrons. The van der Waals surface area contributed by atoms with Gasteiger partial charge in [-0.3, -0.25) is 0 Å². The van der Waals surface area contributed by atoms with Gasteiger partial charge in [0.15, 0.2) is 5.82 Å². The molecule has 0 bridgehead atoms. The lowest BCUT2D eigenvalue weighted by Crippen LogP contribution is -1.97. The molecule has 3 aromatic rings. The van der Waals surface area contributed by atoms with Crippen LogP contribution in [0.1, 0.15) is 18.9 Å². The third kappa shape index (κ3) is 1.68. The number of hydrogen-bond acceptors (Lipinski definition) is 2.